The molecule has 0 amide bonds. The summed E-state index contributed by atoms with van der Waals surface area (Å²) in [5, 5.41) is -0.243. The van der Waals surface area contributed by atoms with Gasteiger partial charge in [-0.3, -0.25) is 4.79 Å². The minimum absolute atomic E-state index is 0.208. The van der Waals surface area contributed by atoms with Gasteiger partial charge in [-0.15, -0.1) is 12.6 Å². The number of hydrogen-bond donors (Lipinski definition) is 1. The Hall–Kier alpha value is -0.310. The highest BCUT2D eigenvalue weighted by Crippen LogP contribution is 2.17. The van der Waals surface area contributed by atoms with Crippen LogP contribution >= 0.6 is 12.6 Å². The minimum atomic E-state index is -0.543. The Balaban J connectivity index is 3.86. The van der Waals surface area contributed by atoms with Crippen LogP contribution in [0.1, 0.15) is 20.3 Å². The molecule has 0 saturated carbocycles. The molecule has 0 N–H and O–H groups in total. The SMILES string of the molecule is CC(C)(C=O)CC(=O)S. The molecule has 0 rings (SSSR count). The Kier molecular flexibility index (Phi) is 2.91. The van der Waals surface area contributed by atoms with Crippen LogP contribution < -0.4 is 0 Å². The summed E-state index contributed by atoms with van der Waals surface area (Å²) in [5.41, 5.74) is -0.543. The van der Waals surface area contributed by atoms with Gasteiger partial charge in [-0.1, -0.05) is 13.8 Å². The molecule has 0 aromatic rings. The fraction of sp³-hybridized carbons (Fsp3) is 0.667. The largest absolute Gasteiger partial charge is 0.303 e. The second-order valence-electron chi connectivity index (χ2n) is 2.68. The van der Waals surface area contributed by atoms with Crippen molar-refractivity contribution in [2.75, 3.05) is 0 Å². The van der Waals surface area contributed by atoms with Crippen molar-refractivity contribution in [3.8, 4) is 0 Å². The molecule has 0 aromatic heterocycles. The van der Waals surface area contributed by atoms with E-state index in [0.717, 1.165) is 6.29 Å². The molecule has 0 saturated heterocycles. The molecule has 0 atom stereocenters. The maximum atomic E-state index is 10.3. The summed E-state index contributed by atoms with van der Waals surface area (Å²) in [6.45, 7) is 3.40. The van der Waals surface area contributed by atoms with Crippen molar-refractivity contribution in [1.82, 2.24) is 0 Å². The lowest BCUT2D eigenvalue weighted by Gasteiger charge is -2.12. The predicted molar refractivity (Wildman–Crippen MR) is 38.5 cm³/mol. The molecule has 2 nitrogen and oxygen atoms in total. The third-order valence-corrected chi connectivity index (χ3v) is 1.08. The summed E-state index contributed by atoms with van der Waals surface area (Å²) in [6.07, 6.45) is 0.973. The molecule has 0 aromatic carbocycles. The van der Waals surface area contributed by atoms with Crippen LogP contribution in [0, 0.1) is 5.41 Å². The number of rotatable bonds is 3. The monoisotopic (exact) mass is 146 g/mol. The van der Waals surface area contributed by atoms with Gasteiger partial charge in [0, 0.05) is 11.8 Å². The van der Waals surface area contributed by atoms with Crippen LogP contribution in [0.25, 0.3) is 0 Å². The van der Waals surface area contributed by atoms with Crippen LogP contribution in [0.2, 0.25) is 0 Å². The van der Waals surface area contributed by atoms with E-state index >= 15 is 0 Å². The molecule has 3 heteroatoms. The fourth-order valence-electron chi connectivity index (χ4n) is 0.431. The normalized spacial score (nSPS) is 11.0. The summed E-state index contributed by atoms with van der Waals surface area (Å²) in [6, 6.07) is 0. The highest BCUT2D eigenvalue weighted by molar-refractivity contribution is 7.96. The molecule has 52 valence electrons. The molecule has 0 aliphatic rings. The van der Waals surface area contributed by atoms with Crippen molar-refractivity contribution < 1.29 is 9.59 Å². The predicted octanol–water partition coefficient (Wildman–Crippen LogP) is 1.06. The van der Waals surface area contributed by atoms with Crippen LogP contribution in [0.15, 0.2) is 0 Å². The summed E-state index contributed by atoms with van der Waals surface area (Å²) in [7, 11) is 0. The van der Waals surface area contributed by atoms with Crippen molar-refractivity contribution in [3.63, 3.8) is 0 Å². The van der Waals surface area contributed by atoms with Crippen molar-refractivity contribution in [1.29, 1.82) is 0 Å². The third-order valence-electron chi connectivity index (χ3n) is 0.926. The summed E-state index contributed by atoms with van der Waals surface area (Å²) < 4.78 is 0. The standard InChI is InChI=1S/C6H10O2S/c1-6(2,4-7)3-5(8)9/h4H,3H2,1-2H3,(H,8,9). The zero-order chi connectivity index (χ0) is 7.49. The van der Waals surface area contributed by atoms with Crippen LogP contribution in [0.5, 0.6) is 0 Å². The molecule has 0 unspecified atom stereocenters. The first-order chi connectivity index (χ1) is 3.98. The first kappa shape index (κ1) is 8.69. The highest BCUT2D eigenvalue weighted by atomic mass is 32.1. The fourth-order valence-corrected chi connectivity index (χ4v) is 0.839. The Morgan fingerprint density at radius 3 is 2.22 bits per heavy atom. The van der Waals surface area contributed by atoms with Gasteiger partial charge in [-0.2, -0.15) is 0 Å². The molecular weight excluding hydrogens is 136 g/mol. The van der Waals surface area contributed by atoms with E-state index in [4.69, 9.17) is 0 Å². The second kappa shape index (κ2) is 3.01. The molecule has 0 spiro atoms. The van der Waals surface area contributed by atoms with E-state index in [1.165, 1.54) is 0 Å². The van der Waals surface area contributed by atoms with Gasteiger partial charge in [-0.05, 0) is 0 Å². The number of carbonyl (C=O) groups is 2. The van der Waals surface area contributed by atoms with E-state index in [9.17, 15) is 9.59 Å². The van der Waals surface area contributed by atoms with Gasteiger partial charge in [0.1, 0.15) is 6.29 Å². The molecule has 9 heavy (non-hydrogen) atoms. The lowest BCUT2D eigenvalue weighted by Crippen LogP contribution is -2.15. The van der Waals surface area contributed by atoms with Gasteiger partial charge in [0.25, 0.3) is 0 Å². The van der Waals surface area contributed by atoms with Gasteiger partial charge >= 0.3 is 0 Å². The molecule has 0 aliphatic carbocycles. The van der Waals surface area contributed by atoms with Crippen LogP contribution in [-0.2, 0) is 9.59 Å². The molecular formula is C6H10O2S. The topological polar surface area (TPSA) is 34.1 Å². The zero-order valence-electron chi connectivity index (χ0n) is 5.55. The zero-order valence-corrected chi connectivity index (χ0v) is 6.44. The van der Waals surface area contributed by atoms with Gasteiger partial charge in [0.15, 0.2) is 5.12 Å². The molecule has 0 heterocycles. The van der Waals surface area contributed by atoms with Gasteiger partial charge in [0.05, 0.1) is 0 Å². The van der Waals surface area contributed by atoms with Gasteiger partial charge in [0.2, 0.25) is 0 Å². The maximum Gasteiger partial charge on any atom is 0.186 e. The first-order valence-corrected chi connectivity index (χ1v) is 3.11. The van der Waals surface area contributed by atoms with Crippen LogP contribution in [0.3, 0.4) is 0 Å². The summed E-state index contributed by atoms with van der Waals surface area (Å²) in [4.78, 5) is 20.5. The number of aldehydes is 1. The highest BCUT2D eigenvalue weighted by Gasteiger charge is 2.18. The molecule has 0 aliphatic heterocycles. The molecule has 0 bridgehead atoms. The molecule has 0 radical (unpaired) electrons. The second-order valence-corrected chi connectivity index (χ2v) is 3.18. The average Bonchev–Trinajstić information content (AvgIpc) is 1.63. The van der Waals surface area contributed by atoms with E-state index in [2.05, 4.69) is 12.6 Å². The van der Waals surface area contributed by atoms with Crippen molar-refractivity contribution in [2.45, 2.75) is 20.3 Å². The lowest BCUT2D eigenvalue weighted by molar-refractivity contribution is -0.120. The summed E-state index contributed by atoms with van der Waals surface area (Å²) >= 11 is 3.55. The Morgan fingerprint density at radius 1 is 1.67 bits per heavy atom. The average molecular weight is 146 g/mol. The Labute approximate surface area is 60.0 Å². The summed E-state index contributed by atoms with van der Waals surface area (Å²) in [5.74, 6) is 0. The van der Waals surface area contributed by atoms with Gasteiger partial charge in [-0.25, -0.2) is 0 Å². The Morgan fingerprint density at radius 2 is 2.11 bits per heavy atom. The minimum Gasteiger partial charge on any atom is -0.303 e. The maximum absolute atomic E-state index is 10.3. The number of carbonyl (C=O) groups excluding carboxylic acids is 2. The van der Waals surface area contributed by atoms with Crippen molar-refractivity contribution >= 4 is 24.0 Å². The number of thiol groups is 1. The molecule has 0 fully saturated rings. The van der Waals surface area contributed by atoms with E-state index in [1.54, 1.807) is 13.8 Å². The van der Waals surface area contributed by atoms with Crippen LogP contribution in [0.4, 0.5) is 0 Å². The quantitative estimate of drug-likeness (QED) is 0.477. The van der Waals surface area contributed by atoms with E-state index in [1.807, 2.05) is 0 Å². The van der Waals surface area contributed by atoms with Gasteiger partial charge < -0.3 is 4.79 Å². The van der Waals surface area contributed by atoms with E-state index in [0.29, 0.717) is 0 Å². The third kappa shape index (κ3) is 4.21. The Bertz CT molecular complexity index is 129. The van der Waals surface area contributed by atoms with Crippen LogP contribution in [-0.4, -0.2) is 11.4 Å². The smallest absolute Gasteiger partial charge is 0.186 e. The van der Waals surface area contributed by atoms with Crippen molar-refractivity contribution in [2.24, 2.45) is 5.41 Å². The first-order valence-electron chi connectivity index (χ1n) is 2.66. The lowest BCUT2D eigenvalue weighted by atomic mass is 9.92. The van der Waals surface area contributed by atoms with E-state index < -0.39 is 5.41 Å². The number of hydrogen-bond acceptors (Lipinski definition) is 2. The van der Waals surface area contributed by atoms with E-state index in [-0.39, 0.29) is 11.5 Å². The van der Waals surface area contributed by atoms with Crippen molar-refractivity contribution in [3.05, 3.63) is 0 Å².